The molecule has 0 spiro atoms. The van der Waals surface area contributed by atoms with Gasteiger partial charge in [0.1, 0.15) is 0 Å². The van der Waals surface area contributed by atoms with Gasteiger partial charge in [-0.1, -0.05) is 23.7 Å². The largest absolute Gasteiger partial charge is 0.441 e. The maximum absolute atomic E-state index is 12.3. The number of hydrogen-bond acceptors (Lipinski definition) is 4. The van der Waals surface area contributed by atoms with Crippen molar-refractivity contribution in [1.82, 2.24) is 4.98 Å². The van der Waals surface area contributed by atoms with Crippen LogP contribution in [-0.4, -0.2) is 24.0 Å². The third-order valence-corrected chi connectivity index (χ3v) is 5.46. The summed E-state index contributed by atoms with van der Waals surface area (Å²) in [6.45, 7) is 2.22. The first-order valence-corrected chi connectivity index (χ1v) is 10.4. The number of carbonyl (C=O) groups excluding carboxylic acids is 1. The molecule has 6 heteroatoms. The monoisotopic (exact) mass is 409 g/mol. The Morgan fingerprint density at radius 3 is 2.59 bits per heavy atom. The van der Waals surface area contributed by atoms with Crippen molar-refractivity contribution in [2.45, 2.75) is 32.1 Å². The molecule has 1 aliphatic rings. The molecule has 0 saturated carbocycles. The van der Waals surface area contributed by atoms with E-state index in [1.54, 1.807) is 6.20 Å². The Hall–Kier alpha value is -2.79. The van der Waals surface area contributed by atoms with E-state index in [1.807, 2.05) is 36.4 Å². The van der Waals surface area contributed by atoms with Crippen LogP contribution in [-0.2, 0) is 11.2 Å². The zero-order valence-electron chi connectivity index (χ0n) is 16.2. The molecule has 0 atom stereocenters. The van der Waals surface area contributed by atoms with Crippen LogP contribution in [0.2, 0.25) is 5.02 Å². The number of carbonyl (C=O) groups is 1. The van der Waals surface area contributed by atoms with E-state index in [4.69, 9.17) is 16.0 Å². The molecule has 29 heavy (non-hydrogen) atoms. The maximum Gasteiger partial charge on any atom is 0.224 e. The molecule has 4 rings (SSSR count). The van der Waals surface area contributed by atoms with Crippen LogP contribution >= 0.6 is 11.6 Å². The SMILES string of the molecule is O=C(CCc1ncc(-c2ccccc2Cl)o1)Nc1ccc(N2CCCCC2)cc1. The number of hydrogen-bond donors (Lipinski definition) is 1. The van der Waals surface area contributed by atoms with Crippen LogP contribution in [0.1, 0.15) is 31.6 Å². The molecular formula is C23H24ClN3O2. The lowest BCUT2D eigenvalue weighted by molar-refractivity contribution is -0.116. The standard InChI is InChI=1S/C23H24ClN3O2/c24-20-7-3-2-6-19(20)21-16-25-23(29-21)13-12-22(28)26-17-8-10-18(11-9-17)27-14-4-1-5-15-27/h2-3,6-11,16H,1,4-5,12-15H2,(H,26,28). The van der Waals surface area contributed by atoms with Gasteiger partial charge in [-0.25, -0.2) is 4.98 Å². The molecular weight excluding hydrogens is 386 g/mol. The topological polar surface area (TPSA) is 58.4 Å². The average Bonchev–Trinajstić information content (AvgIpc) is 3.23. The van der Waals surface area contributed by atoms with Crippen molar-refractivity contribution in [1.29, 1.82) is 0 Å². The minimum absolute atomic E-state index is 0.0618. The van der Waals surface area contributed by atoms with Crippen molar-refractivity contribution in [3.05, 3.63) is 65.6 Å². The van der Waals surface area contributed by atoms with E-state index < -0.39 is 0 Å². The Kier molecular flexibility index (Phi) is 6.15. The molecule has 2 aromatic carbocycles. The maximum atomic E-state index is 12.3. The molecule has 0 aliphatic carbocycles. The molecule has 0 bridgehead atoms. The summed E-state index contributed by atoms with van der Waals surface area (Å²) in [5.74, 6) is 1.07. The molecule has 1 N–H and O–H groups in total. The number of oxazole rings is 1. The summed E-state index contributed by atoms with van der Waals surface area (Å²) < 4.78 is 5.75. The molecule has 1 aromatic heterocycles. The van der Waals surface area contributed by atoms with Gasteiger partial charge in [0.2, 0.25) is 5.91 Å². The number of nitrogens with zero attached hydrogens (tertiary/aromatic N) is 2. The highest BCUT2D eigenvalue weighted by atomic mass is 35.5. The lowest BCUT2D eigenvalue weighted by Crippen LogP contribution is -2.29. The fourth-order valence-corrected chi connectivity index (χ4v) is 3.79. The Morgan fingerprint density at radius 1 is 1.07 bits per heavy atom. The second-order valence-electron chi connectivity index (χ2n) is 7.24. The Balaban J connectivity index is 1.30. The zero-order chi connectivity index (χ0) is 20.1. The predicted octanol–water partition coefficient (Wildman–Crippen LogP) is 5.56. The van der Waals surface area contributed by atoms with Crippen molar-refractivity contribution in [3.63, 3.8) is 0 Å². The second-order valence-corrected chi connectivity index (χ2v) is 7.65. The lowest BCUT2D eigenvalue weighted by atomic mass is 10.1. The van der Waals surface area contributed by atoms with Gasteiger partial charge in [-0.15, -0.1) is 0 Å². The summed E-state index contributed by atoms with van der Waals surface area (Å²) in [6.07, 6.45) is 6.19. The van der Waals surface area contributed by atoms with Gasteiger partial charge < -0.3 is 14.6 Å². The molecule has 3 aromatic rings. The highest BCUT2D eigenvalue weighted by molar-refractivity contribution is 6.33. The van der Waals surface area contributed by atoms with E-state index in [0.717, 1.165) is 24.3 Å². The second kappa shape index (κ2) is 9.14. The number of piperidine rings is 1. The van der Waals surface area contributed by atoms with E-state index in [2.05, 4.69) is 27.3 Å². The van der Waals surface area contributed by atoms with Crippen molar-refractivity contribution in [2.24, 2.45) is 0 Å². The van der Waals surface area contributed by atoms with Crippen LogP contribution in [0.3, 0.4) is 0 Å². The van der Waals surface area contributed by atoms with Gasteiger partial charge >= 0.3 is 0 Å². The smallest absolute Gasteiger partial charge is 0.224 e. The number of aryl methyl sites for hydroxylation is 1. The summed E-state index contributed by atoms with van der Waals surface area (Å²) in [6, 6.07) is 15.5. The number of anilines is 2. The fourth-order valence-electron chi connectivity index (χ4n) is 3.56. The number of benzene rings is 2. The predicted molar refractivity (Wildman–Crippen MR) is 116 cm³/mol. The van der Waals surface area contributed by atoms with E-state index in [9.17, 15) is 4.79 Å². The van der Waals surface area contributed by atoms with Crippen LogP contribution in [0, 0.1) is 0 Å². The molecule has 1 aliphatic heterocycles. The number of halogens is 1. The highest BCUT2D eigenvalue weighted by Gasteiger charge is 2.13. The first kappa shape index (κ1) is 19.5. The van der Waals surface area contributed by atoms with Gasteiger partial charge in [0, 0.05) is 42.9 Å². The van der Waals surface area contributed by atoms with Crippen LogP contribution in [0.25, 0.3) is 11.3 Å². The Morgan fingerprint density at radius 2 is 1.83 bits per heavy atom. The third kappa shape index (κ3) is 4.98. The highest BCUT2D eigenvalue weighted by Crippen LogP contribution is 2.28. The van der Waals surface area contributed by atoms with Gasteiger partial charge in [0.25, 0.3) is 0 Å². The van der Waals surface area contributed by atoms with Crippen molar-refractivity contribution in [3.8, 4) is 11.3 Å². The molecule has 2 heterocycles. The zero-order valence-corrected chi connectivity index (χ0v) is 17.0. The van der Waals surface area contributed by atoms with Gasteiger partial charge in [-0.3, -0.25) is 4.79 Å². The molecule has 1 saturated heterocycles. The molecule has 0 radical (unpaired) electrons. The van der Waals surface area contributed by atoms with Crippen molar-refractivity contribution >= 4 is 28.9 Å². The van der Waals surface area contributed by atoms with Gasteiger partial charge in [0.05, 0.1) is 11.2 Å². The van der Waals surface area contributed by atoms with Gasteiger partial charge in [-0.2, -0.15) is 0 Å². The minimum Gasteiger partial charge on any atom is -0.441 e. The molecule has 1 fully saturated rings. The number of rotatable bonds is 6. The summed E-state index contributed by atoms with van der Waals surface area (Å²) >= 11 is 6.19. The fraction of sp³-hybridized carbons (Fsp3) is 0.304. The van der Waals surface area contributed by atoms with E-state index in [0.29, 0.717) is 29.5 Å². The summed E-state index contributed by atoms with van der Waals surface area (Å²) in [5, 5.41) is 3.55. The average molecular weight is 410 g/mol. The Labute approximate surface area is 175 Å². The van der Waals surface area contributed by atoms with E-state index in [1.165, 1.54) is 24.9 Å². The normalized spacial score (nSPS) is 14.0. The van der Waals surface area contributed by atoms with Gasteiger partial charge in [0.15, 0.2) is 11.7 Å². The van der Waals surface area contributed by atoms with Crippen molar-refractivity contribution in [2.75, 3.05) is 23.3 Å². The summed E-state index contributed by atoms with van der Waals surface area (Å²) in [4.78, 5) is 19.0. The van der Waals surface area contributed by atoms with Crippen LogP contribution in [0.15, 0.2) is 59.1 Å². The van der Waals surface area contributed by atoms with E-state index in [-0.39, 0.29) is 5.91 Å². The Bertz CT molecular complexity index is 962. The van der Waals surface area contributed by atoms with Crippen LogP contribution in [0.4, 0.5) is 11.4 Å². The van der Waals surface area contributed by atoms with Crippen molar-refractivity contribution < 1.29 is 9.21 Å². The summed E-state index contributed by atoms with van der Waals surface area (Å²) in [7, 11) is 0. The first-order chi connectivity index (χ1) is 14.2. The molecule has 5 nitrogen and oxygen atoms in total. The lowest BCUT2D eigenvalue weighted by Gasteiger charge is -2.28. The minimum atomic E-state index is -0.0618. The third-order valence-electron chi connectivity index (χ3n) is 5.13. The number of amides is 1. The first-order valence-electron chi connectivity index (χ1n) is 10.0. The van der Waals surface area contributed by atoms with Gasteiger partial charge in [-0.05, 0) is 55.7 Å². The molecule has 1 amide bonds. The van der Waals surface area contributed by atoms with Crippen LogP contribution < -0.4 is 10.2 Å². The summed E-state index contributed by atoms with van der Waals surface area (Å²) in [5.41, 5.74) is 2.82. The quantitative estimate of drug-likeness (QED) is 0.579. The number of nitrogens with one attached hydrogen (secondary N) is 1. The molecule has 150 valence electrons. The van der Waals surface area contributed by atoms with Crippen LogP contribution in [0.5, 0.6) is 0 Å². The van der Waals surface area contributed by atoms with E-state index >= 15 is 0 Å². The number of aromatic nitrogens is 1. The molecule has 0 unspecified atom stereocenters.